The summed E-state index contributed by atoms with van der Waals surface area (Å²) >= 11 is 0. The number of rotatable bonds is 12. The summed E-state index contributed by atoms with van der Waals surface area (Å²) in [5, 5.41) is 8.96. The predicted molar refractivity (Wildman–Crippen MR) is 98.9 cm³/mol. The minimum atomic E-state index is -4.69. The summed E-state index contributed by atoms with van der Waals surface area (Å²) in [7, 11) is -4.69. The molecule has 1 aromatic carbocycles. The number of hydrogen-bond acceptors (Lipinski definition) is 8. The molecule has 147 valence electrons. The van der Waals surface area contributed by atoms with Gasteiger partial charge in [-0.25, -0.2) is 0 Å². The molecule has 0 spiro atoms. The Balaban J connectivity index is 0.00000676. The molecule has 0 amide bonds. The van der Waals surface area contributed by atoms with Crippen LogP contribution >= 0.6 is 7.60 Å². The van der Waals surface area contributed by atoms with E-state index in [1.54, 1.807) is 0 Å². The van der Waals surface area contributed by atoms with Gasteiger partial charge in [-0.15, -0.1) is 0 Å². The number of benzene rings is 1. The molecule has 0 aliphatic rings. The zero-order chi connectivity index (χ0) is 19.7. The fourth-order valence-electron chi connectivity index (χ4n) is 2.11. The molecule has 0 saturated carbocycles. The number of hydrogen-bond donors (Lipinski definition) is 5. The van der Waals surface area contributed by atoms with E-state index >= 15 is 0 Å². The molecule has 0 aliphatic carbocycles. The summed E-state index contributed by atoms with van der Waals surface area (Å²) in [5.41, 5.74) is 11.1. The van der Waals surface area contributed by atoms with Crippen LogP contribution in [-0.4, -0.2) is 117 Å². The Hall–Kier alpha value is -0.0136. The normalized spacial score (nSPS) is 13.5. The molecule has 0 saturated heterocycles. The Morgan fingerprint density at radius 1 is 1.26 bits per heavy atom. The molecule has 2 atom stereocenters. The van der Waals surface area contributed by atoms with Gasteiger partial charge in [0.05, 0.1) is 31.2 Å². The molecule has 1 radical (unpaired) electrons. The Bertz CT molecular complexity index is 669. The molecule has 0 bridgehead atoms. The van der Waals surface area contributed by atoms with Crippen LogP contribution in [0.5, 0.6) is 5.75 Å². The maximum atomic E-state index is 12.2. The van der Waals surface area contributed by atoms with Crippen LogP contribution in [0.4, 0.5) is 0 Å². The second-order valence-electron chi connectivity index (χ2n) is 5.34. The fraction of sp³-hybridized carbons (Fsp3) is 0.467. The van der Waals surface area contributed by atoms with E-state index in [9.17, 15) is 29.0 Å². The van der Waals surface area contributed by atoms with Crippen LogP contribution in [0, 0.1) is 0 Å². The number of phenolic OH excluding ortho intramolecular Hbond substituents is 1. The number of phenols is 1. The summed E-state index contributed by atoms with van der Waals surface area (Å²) in [6.07, 6.45) is -0.361. The number of aromatic hydroxyl groups is 1. The topological polar surface area (TPSA) is 182 Å². The SMILES string of the molecule is NCCOCCOC([C]=O)C(=O)[C@@H](N)Cc1ccc(O)cc1P(=O)(O)O.[KH]. The quantitative estimate of drug-likeness (QED) is 0.103. The van der Waals surface area contributed by atoms with Crippen molar-refractivity contribution in [1.82, 2.24) is 0 Å². The number of carbonyl (C=O) groups excluding carboxylic acids is 2. The summed E-state index contributed by atoms with van der Waals surface area (Å²) in [6.45, 7) is 0.698. The van der Waals surface area contributed by atoms with Gasteiger partial charge in [0.2, 0.25) is 6.29 Å². The number of nitrogens with two attached hydrogens (primary N) is 2. The molecule has 10 nitrogen and oxygen atoms in total. The van der Waals surface area contributed by atoms with E-state index in [-0.39, 0.29) is 82.3 Å². The molecular formula is C15H23KN2O8P. The number of Topliss-reactive ketones (excluding diaryl/α,β-unsaturated/α-hetero) is 1. The first-order valence-corrected chi connectivity index (χ1v) is 9.26. The van der Waals surface area contributed by atoms with E-state index in [0.29, 0.717) is 13.2 Å². The van der Waals surface area contributed by atoms with Crippen molar-refractivity contribution < 1.29 is 38.5 Å². The van der Waals surface area contributed by atoms with E-state index in [2.05, 4.69) is 0 Å². The number of ketones is 1. The first-order valence-electron chi connectivity index (χ1n) is 7.65. The first kappa shape index (κ1) is 27.0. The first-order chi connectivity index (χ1) is 12.2. The molecule has 0 fully saturated rings. The van der Waals surface area contributed by atoms with E-state index in [1.807, 2.05) is 0 Å². The van der Waals surface area contributed by atoms with Gasteiger partial charge in [-0.05, 0) is 24.1 Å². The van der Waals surface area contributed by atoms with Gasteiger partial charge < -0.3 is 35.8 Å². The van der Waals surface area contributed by atoms with Gasteiger partial charge >= 0.3 is 59.0 Å². The second-order valence-corrected chi connectivity index (χ2v) is 6.91. The van der Waals surface area contributed by atoms with Crippen LogP contribution in [0.2, 0.25) is 0 Å². The third-order valence-corrected chi connectivity index (χ3v) is 4.37. The van der Waals surface area contributed by atoms with Crippen molar-refractivity contribution in [3.63, 3.8) is 0 Å². The van der Waals surface area contributed by atoms with E-state index in [0.717, 1.165) is 6.07 Å². The van der Waals surface area contributed by atoms with Crippen molar-refractivity contribution in [1.29, 1.82) is 0 Å². The van der Waals surface area contributed by atoms with Crippen molar-refractivity contribution in [2.45, 2.75) is 18.6 Å². The molecule has 0 heterocycles. The van der Waals surface area contributed by atoms with Crippen LogP contribution in [-0.2, 0) is 30.0 Å². The summed E-state index contributed by atoms with van der Waals surface area (Å²) in [4.78, 5) is 41.9. The van der Waals surface area contributed by atoms with Gasteiger partial charge in [0.1, 0.15) is 5.75 Å². The summed E-state index contributed by atoms with van der Waals surface area (Å²) in [6, 6.07) is 2.10. The van der Waals surface area contributed by atoms with Crippen molar-refractivity contribution in [3.8, 4) is 5.75 Å². The molecule has 0 aromatic heterocycles. The molecule has 1 unspecified atom stereocenters. The summed E-state index contributed by atoms with van der Waals surface area (Å²) < 4.78 is 21.6. The number of carbonyl (C=O) groups is 1. The van der Waals surface area contributed by atoms with E-state index in [4.69, 9.17) is 20.9 Å². The Kier molecular flexibility index (Phi) is 13.2. The van der Waals surface area contributed by atoms with Gasteiger partial charge in [0, 0.05) is 6.54 Å². The molecule has 1 rings (SSSR count). The zero-order valence-electron chi connectivity index (χ0n) is 13.9. The van der Waals surface area contributed by atoms with Gasteiger partial charge in [-0.2, -0.15) is 0 Å². The maximum absolute atomic E-state index is 12.2. The van der Waals surface area contributed by atoms with Crippen molar-refractivity contribution in [3.05, 3.63) is 23.8 Å². The van der Waals surface area contributed by atoms with E-state index in [1.165, 1.54) is 18.4 Å². The van der Waals surface area contributed by atoms with Gasteiger partial charge in [-0.3, -0.25) is 14.2 Å². The molecule has 7 N–H and O–H groups in total. The zero-order valence-corrected chi connectivity index (χ0v) is 14.8. The second kappa shape index (κ2) is 13.3. The average Bonchev–Trinajstić information content (AvgIpc) is 2.58. The average molecular weight is 429 g/mol. The molecule has 27 heavy (non-hydrogen) atoms. The number of ether oxygens (including phenoxy) is 2. The molecular weight excluding hydrogens is 406 g/mol. The third kappa shape index (κ3) is 9.35. The molecule has 1 aromatic rings. The van der Waals surface area contributed by atoms with Crippen molar-refractivity contribution in [2.24, 2.45) is 11.5 Å². The summed E-state index contributed by atoms with van der Waals surface area (Å²) in [5.74, 6) is -1.13. The van der Waals surface area contributed by atoms with Crippen LogP contribution in [0.15, 0.2) is 18.2 Å². The van der Waals surface area contributed by atoms with Gasteiger partial charge in [0.25, 0.3) is 0 Å². The van der Waals surface area contributed by atoms with Crippen LogP contribution in [0.25, 0.3) is 0 Å². The standard InChI is InChI=1S/C15H22N2O8P.K.H/c16-3-4-24-5-6-25-13(9-18)15(20)12(17)7-10-1-2-11(19)8-14(10)26(21,22)23;;/h1-2,8,12-13,19H,3-7,16-17H2,(H2,21,22,23);;/t12-,13?;;/m0../s1. The predicted octanol–water partition coefficient (Wildman–Crippen LogP) is -2.54. The molecule has 12 heteroatoms. The van der Waals surface area contributed by atoms with Crippen molar-refractivity contribution in [2.75, 3.05) is 26.4 Å². The van der Waals surface area contributed by atoms with E-state index < -0.39 is 30.8 Å². The van der Waals surface area contributed by atoms with Crippen LogP contribution in [0.1, 0.15) is 5.56 Å². The van der Waals surface area contributed by atoms with Crippen molar-refractivity contribution >= 4 is 76.4 Å². The fourth-order valence-corrected chi connectivity index (χ4v) is 2.95. The monoisotopic (exact) mass is 429 g/mol. The van der Waals surface area contributed by atoms with Gasteiger partial charge in [0.15, 0.2) is 11.9 Å². The van der Waals surface area contributed by atoms with Gasteiger partial charge in [-0.1, -0.05) is 6.07 Å². The molecule has 0 aliphatic heterocycles. The Morgan fingerprint density at radius 2 is 1.93 bits per heavy atom. The minimum absolute atomic E-state index is 0. The van der Waals surface area contributed by atoms with Crippen LogP contribution < -0.4 is 16.8 Å². The third-order valence-electron chi connectivity index (χ3n) is 3.33. The Morgan fingerprint density at radius 3 is 2.48 bits per heavy atom. The van der Waals surface area contributed by atoms with Crippen LogP contribution in [0.3, 0.4) is 0 Å². The Labute approximate surface area is 199 Å².